The normalized spacial score (nSPS) is 17.3. The topological polar surface area (TPSA) is 97.9 Å². The van der Waals surface area contributed by atoms with E-state index in [0.717, 1.165) is 31.2 Å². The largest absolute Gasteiger partial charge is 0.492 e. The van der Waals surface area contributed by atoms with Gasteiger partial charge in [0.25, 0.3) is 11.5 Å². The van der Waals surface area contributed by atoms with Crippen LogP contribution in [0.15, 0.2) is 16.6 Å². The molecule has 1 amide bonds. The smallest absolute Gasteiger partial charge is 0.270 e. The average molecular weight is 386 g/mol. The molecule has 28 heavy (non-hydrogen) atoms. The molecule has 3 heterocycles. The molecular formula is C20H26N4O4. The fraction of sp³-hybridized carbons (Fsp3) is 0.550. The van der Waals surface area contributed by atoms with Crippen LogP contribution in [0.1, 0.15) is 55.5 Å². The lowest BCUT2D eigenvalue weighted by Gasteiger charge is -2.16. The van der Waals surface area contributed by atoms with E-state index in [1.54, 1.807) is 10.8 Å². The number of ether oxygens (including phenoxy) is 1. The molecule has 1 aliphatic carbocycles. The third kappa shape index (κ3) is 3.56. The van der Waals surface area contributed by atoms with Crippen molar-refractivity contribution in [2.24, 2.45) is 5.92 Å². The van der Waals surface area contributed by atoms with Crippen molar-refractivity contribution in [2.75, 3.05) is 13.2 Å². The molecule has 8 nitrogen and oxygen atoms in total. The van der Waals surface area contributed by atoms with Crippen LogP contribution in [0.25, 0.3) is 11.7 Å². The van der Waals surface area contributed by atoms with E-state index in [1.807, 2.05) is 19.9 Å². The Morgan fingerprint density at radius 2 is 2.11 bits per heavy atom. The average Bonchev–Trinajstić information content (AvgIpc) is 3.37. The maximum atomic E-state index is 13.2. The van der Waals surface area contributed by atoms with Gasteiger partial charge in [0, 0.05) is 18.2 Å². The van der Waals surface area contributed by atoms with Gasteiger partial charge in [0.05, 0.1) is 19.4 Å². The minimum Gasteiger partial charge on any atom is -0.492 e. The number of aromatic nitrogens is 3. The van der Waals surface area contributed by atoms with E-state index >= 15 is 0 Å². The van der Waals surface area contributed by atoms with Gasteiger partial charge < -0.3 is 15.2 Å². The van der Waals surface area contributed by atoms with Crippen molar-refractivity contribution < 1.29 is 14.6 Å². The molecule has 1 saturated heterocycles. The van der Waals surface area contributed by atoms with Crippen molar-refractivity contribution in [3.63, 3.8) is 0 Å². The Kier molecular flexibility index (Phi) is 4.97. The molecule has 0 atom stereocenters. The number of nitrogens with one attached hydrogen (secondary N) is 1. The van der Waals surface area contributed by atoms with E-state index < -0.39 is 17.3 Å². The molecule has 0 aromatic carbocycles. The number of carbonyl (C=O) groups is 1. The second-order valence-electron chi connectivity index (χ2n) is 8.01. The standard InChI is InChI=1S/C20H26N4O4/c1-12(2)11-23-18-14(9-13-5-7-28-8-6-13)10-21-24(18)20(27)16(19(23)26)17(25)22-15-3-4-15/h9-10,12,15,27H,3-8,11H2,1-2H3,(H,22,25). The summed E-state index contributed by atoms with van der Waals surface area (Å²) in [5, 5.41) is 17.8. The van der Waals surface area contributed by atoms with E-state index in [2.05, 4.69) is 10.4 Å². The Hall–Kier alpha value is -2.61. The minimum absolute atomic E-state index is 0.0898. The van der Waals surface area contributed by atoms with Crippen LogP contribution in [0.4, 0.5) is 0 Å². The Bertz CT molecular complexity index is 990. The number of nitrogens with zero attached hydrogens (tertiary/aromatic N) is 3. The van der Waals surface area contributed by atoms with Crippen molar-refractivity contribution in [2.45, 2.75) is 52.1 Å². The predicted octanol–water partition coefficient (Wildman–Crippen LogP) is 1.94. The third-order valence-corrected chi connectivity index (χ3v) is 5.09. The molecule has 0 spiro atoms. The van der Waals surface area contributed by atoms with Gasteiger partial charge in [-0.1, -0.05) is 25.5 Å². The Morgan fingerprint density at radius 1 is 1.39 bits per heavy atom. The maximum Gasteiger partial charge on any atom is 0.270 e. The molecular weight excluding hydrogens is 360 g/mol. The first-order valence-electron chi connectivity index (χ1n) is 9.87. The number of aromatic hydroxyl groups is 1. The van der Waals surface area contributed by atoms with E-state index in [1.165, 1.54) is 10.1 Å². The Labute approximate surface area is 162 Å². The maximum absolute atomic E-state index is 13.2. The molecule has 0 bridgehead atoms. The first-order chi connectivity index (χ1) is 13.5. The van der Waals surface area contributed by atoms with E-state index in [9.17, 15) is 14.7 Å². The number of carbonyl (C=O) groups excluding carboxylic acids is 1. The van der Waals surface area contributed by atoms with Crippen LogP contribution >= 0.6 is 0 Å². The highest BCUT2D eigenvalue weighted by Crippen LogP contribution is 2.25. The Balaban J connectivity index is 1.87. The van der Waals surface area contributed by atoms with Gasteiger partial charge in [-0.05, 0) is 31.6 Å². The van der Waals surface area contributed by atoms with E-state index in [4.69, 9.17) is 4.74 Å². The van der Waals surface area contributed by atoms with Gasteiger partial charge in [0.15, 0.2) is 5.56 Å². The van der Waals surface area contributed by atoms with Gasteiger partial charge in [0.1, 0.15) is 5.65 Å². The van der Waals surface area contributed by atoms with Crippen molar-refractivity contribution in [1.82, 2.24) is 19.5 Å². The Morgan fingerprint density at radius 3 is 2.75 bits per heavy atom. The van der Waals surface area contributed by atoms with Crippen LogP contribution in [-0.4, -0.2) is 44.5 Å². The van der Waals surface area contributed by atoms with Crippen molar-refractivity contribution in [1.29, 1.82) is 0 Å². The first kappa shape index (κ1) is 18.7. The number of rotatable bonds is 5. The molecule has 1 saturated carbocycles. The van der Waals surface area contributed by atoms with Crippen LogP contribution in [0, 0.1) is 5.92 Å². The summed E-state index contributed by atoms with van der Waals surface area (Å²) in [5.74, 6) is -0.761. The highest BCUT2D eigenvalue weighted by molar-refractivity contribution is 5.96. The molecule has 2 aliphatic rings. The fourth-order valence-corrected chi connectivity index (χ4v) is 3.53. The van der Waals surface area contributed by atoms with E-state index in [0.29, 0.717) is 25.4 Å². The summed E-state index contributed by atoms with van der Waals surface area (Å²) in [6.07, 6.45) is 7.12. The summed E-state index contributed by atoms with van der Waals surface area (Å²) in [6, 6.07) is 0.0898. The summed E-state index contributed by atoms with van der Waals surface area (Å²) < 4.78 is 8.26. The zero-order valence-electron chi connectivity index (χ0n) is 16.3. The zero-order chi connectivity index (χ0) is 19.8. The summed E-state index contributed by atoms with van der Waals surface area (Å²) in [6.45, 7) is 5.80. The van der Waals surface area contributed by atoms with Crippen LogP contribution in [0.3, 0.4) is 0 Å². The van der Waals surface area contributed by atoms with Gasteiger partial charge in [-0.15, -0.1) is 0 Å². The molecule has 1 aliphatic heterocycles. The number of amides is 1. The zero-order valence-corrected chi connectivity index (χ0v) is 16.3. The van der Waals surface area contributed by atoms with E-state index in [-0.39, 0.29) is 17.5 Å². The summed E-state index contributed by atoms with van der Waals surface area (Å²) in [5.41, 5.74) is 1.77. The molecule has 8 heteroatoms. The lowest BCUT2D eigenvalue weighted by Crippen LogP contribution is -2.36. The quantitative estimate of drug-likeness (QED) is 0.818. The molecule has 2 aromatic rings. The van der Waals surface area contributed by atoms with Crippen LogP contribution in [0.2, 0.25) is 0 Å². The van der Waals surface area contributed by atoms with Crippen molar-refractivity contribution >= 4 is 17.6 Å². The molecule has 0 unspecified atom stereocenters. The lowest BCUT2D eigenvalue weighted by atomic mass is 10.1. The fourth-order valence-electron chi connectivity index (χ4n) is 3.53. The molecule has 150 valence electrons. The molecule has 2 N–H and O–H groups in total. The first-order valence-corrected chi connectivity index (χ1v) is 9.87. The number of hydrogen-bond acceptors (Lipinski definition) is 5. The van der Waals surface area contributed by atoms with Crippen LogP contribution < -0.4 is 10.9 Å². The minimum atomic E-state index is -0.538. The molecule has 0 radical (unpaired) electrons. The van der Waals surface area contributed by atoms with Crippen molar-refractivity contribution in [3.05, 3.63) is 33.3 Å². The SMILES string of the molecule is CC(C)Cn1c(=O)c(C(=O)NC2CC2)c(O)n2ncc(C=C3CCOCC3)c12. The number of hydrogen-bond donors (Lipinski definition) is 2. The second-order valence-corrected chi connectivity index (χ2v) is 8.01. The molecule has 4 rings (SSSR count). The second kappa shape index (κ2) is 7.43. The van der Waals surface area contributed by atoms with Crippen molar-refractivity contribution in [3.8, 4) is 5.88 Å². The van der Waals surface area contributed by atoms with Gasteiger partial charge >= 0.3 is 0 Å². The van der Waals surface area contributed by atoms with Crippen LogP contribution in [-0.2, 0) is 11.3 Å². The lowest BCUT2D eigenvalue weighted by molar-refractivity contribution is 0.0944. The van der Waals surface area contributed by atoms with Gasteiger partial charge in [-0.2, -0.15) is 9.61 Å². The summed E-state index contributed by atoms with van der Waals surface area (Å²) >= 11 is 0. The summed E-state index contributed by atoms with van der Waals surface area (Å²) in [7, 11) is 0. The highest BCUT2D eigenvalue weighted by atomic mass is 16.5. The van der Waals surface area contributed by atoms with Gasteiger partial charge in [-0.3, -0.25) is 14.2 Å². The monoisotopic (exact) mass is 386 g/mol. The predicted molar refractivity (Wildman–Crippen MR) is 104 cm³/mol. The highest BCUT2D eigenvalue weighted by Gasteiger charge is 2.29. The molecule has 2 fully saturated rings. The van der Waals surface area contributed by atoms with Gasteiger partial charge in [0.2, 0.25) is 5.88 Å². The van der Waals surface area contributed by atoms with Gasteiger partial charge in [-0.25, -0.2) is 0 Å². The number of fused-ring (bicyclic) bond motifs is 1. The molecule has 2 aromatic heterocycles. The third-order valence-electron chi connectivity index (χ3n) is 5.09. The summed E-state index contributed by atoms with van der Waals surface area (Å²) in [4.78, 5) is 25.8. The van der Waals surface area contributed by atoms with Crippen LogP contribution in [0.5, 0.6) is 5.88 Å².